The number of nitrogens with zero attached hydrogens (tertiary/aromatic N) is 1. The first-order valence-electron chi connectivity index (χ1n) is 19.2. The number of ether oxygens (including phenoxy) is 7. The van der Waals surface area contributed by atoms with Gasteiger partial charge in [-0.3, -0.25) is 14.9 Å². The number of amides is 3. The van der Waals surface area contributed by atoms with Crippen LogP contribution in [0.3, 0.4) is 0 Å². The summed E-state index contributed by atoms with van der Waals surface area (Å²) in [7, 11) is 4.75. The van der Waals surface area contributed by atoms with Gasteiger partial charge in [-0.15, -0.1) is 0 Å². The SMILES string of the molecule is CNCC(=O)NCCOCCOCCO[C@@H](C)C(=O)O[C@H]1CC(=O)N(C)c2cc(cc(C)c2Cl)C/C(C)=C/C=C/[C@@H](OC)[C@@]2(O)C[C@H](OC(=O)N2)[C@@H](C)[C@@H]2O[C@@]12C. The first-order chi connectivity index (χ1) is 27.0. The molecule has 3 aliphatic rings. The van der Waals surface area contributed by atoms with E-state index in [2.05, 4.69) is 16.0 Å². The van der Waals surface area contributed by atoms with Crippen LogP contribution in [0.5, 0.6) is 0 Å². The van der Waals surface area contributed by atoms with Crippen molar-refractivity contribution < 1.29 is 57.4 Å². The van der Waals surface area contributed by atoms with Crippen molar-refractivity contribution >= 4 is 41.2 Å². The molecule has 0 saturated carbocycles. The van der Waals surface area contributed by atoms with Crippen molar-refractivity contribution in [3.05, 3.63) is 52.1 Å². The smallest absolute Gasteiger partial charge is 0.409 e. The van der Waals surface area contributed by atoms with Crippen molar-refractivity contribution in [2.45, 2.75) is 95.7 Å². The maximum absolute atomic E-state index is 14.1. The van der Waals surface area contributed by atoms with E-state index in [-0.39, 0.29) is 51.0 Å². The van der Waals surface area contributed by atoms with Crippen molar-refractivity contribution in [2.24, 2.45) is 5.92 Å². The zero-order valence-electron chi connectivity index (χ0n) is 34.2. The van der Waals surface area contributed by atoms with Crippen LogP contribution in [0, 0.1) is 12.8 Å². The van der Waals surface area contributed by atoms with Crippen LogP contribution in [0.25, 0.3) is 0 Å². The van der Waals surface area contributed by atoms with Gasteiger partial charge >= 0.3 is 12.1 Å². The van der Waals surface area contributed by atoms with E-state index in [9.17, 15) is 24.3 Å². The summed E-state index contributed by atoms with van der Waals surface area (Å²) in [5.74, 6) is -1.71. The molecule has 2 fully saturated rings. The number of rotatable bonds is 15. The van der Waals surface area contributed by atoms with Crippen LogP contribution in [0.1, 0.15) is 51.7 Å². The Labute approximate surface area is 339 Å². The Kier molecular flexibility index (Phi) is 16.9. The average molecular weight is 823 g/mol. The van der Waals surface area contributed by atoms with Gasteiger partial charge in [0.15, 0.2) is 11.8 Å². The Hall–Kier alpha value is -3.61. The van der Waals surface area contributed by atoms with E-state index in [0.29, 0.717) is 36.9 Å². The fraction of sp³-hybridized carbons (Fsp3) is 0.650. The Morgan fingerprint density at radius 3 is 2.54 bits per heavy atom. The van der Waals surface area contributed by atoms with E-state index in [1.165, 1.54) is 12.0 Å². The van der Waals surface area contributed by atoms with Crippen molar-refractivity contribution in [3.63, 3.8) is 0 Å². The quantitative estimate of drug-likeness (QED) is 0.115. The molecule has 318 valence electrons. The lowest BCUT2D eigenvalue weighted by molar-refractivity contribution is -0.166. The van der Waals surface area contributed by atoms with Gasteiger partial charge in [0.25, 0.3) is 0 Å². The Bertz CT molecular complexity index is 1640. The minimum atomic E-state index is -1.81. The average Bonchev–Trinajstić information content (AvgIpc) is 3.85. The van der Waals surface area contributed by atoms with Crippen LogP contribution < -0.4 is 20.9 Å². The van der Waals surface area contributed by atoms with Gasteiger partial charge in [0.2, 0.25) is 11.8 Å². The number of aliphatic hydroxyl groups is 1. The third-order valence-electron chi connectivity index (χ3n) is 10.4. The van der Waals surface area contributed by atoms with Gasteiger partial charge in [-0.2, -0.15) is 0 Å². The molecule has 3 amide bonds. The van der Waals surface area contributed by atoms with E-state index in [0.717, 1.165) is 16.7 Å². The number of hydrogen-bond donors (Lipinski definition) is 4. The predicted molar refractivity (Wildman–Crippen MR) is 211 cm³/mol. The summed E-state index contributed by atoms with van der Waals surface area (Å²) in [4.78, 5) is 53.4. The van der Waals surface area contributed by atoms with Crippen LogP contribution >= 0.6 is 11.6 Å². The van der Waals surface area contributed by atoms with Gasteiger partial charge in [-0.25, -0.2) is 9.59 Å². The van der Waals surface area contributed by atoms with Crippen LogP contribution in [0.15, 0.2) is 35.9 Å². The highest BCUT2D eigenvalue weighted by Crippen LogP contribution is 2.49. The number of alkyl carbamates (subject to hydrolysis) is 1. The fourth-order valence-electron chi connectivity index (χ4n) is 7.04. The zero-order valence-corrected chi connectivity index (χ0v) is 34.9. The standard InChI is InChI=1S/C40H59ClN4O12/c1-24-10-9-11-31(51-8)40(50)22-30(55-38(49)44-40)26(3)36-39(5,57-36)32(21-34(47)45(7)29-20-28(18-24)19-25(2)35(29)41)56-37(48)27(4)54-17-16-53-15-14-52-13-12-43-33(46)23-42-6/h9-11,19-20,26-27,30-32,36,42,50H,12-18,21-23H2,1-8H3,(H,43,46)(H,44,49)/b11-9+,24-10+/t26-,27+,30+,31-,32+,36+,39+,40+/m1/s1. The number of benzene rings is 1. The number of epoxide rings is 1. The molecule has 0 aliphatic carbocycles. The molecule has 17 heteroatoms. The summed E-state index contributed by atoms with van der Waals surface area (Å²) >= 11 is 6.77. The summed E-state index contributed by atoms with van der Waals surface area (Å²) in [6.45, 7) is 10.7. The van der Waals surface area contributed by atoms with E-state index in [4.69, 9.17) is 44.8 Å². The number of aryl methyl sites for hydroxylation is 1. The predicted octanol–water partition coefficient (Wildman–Crippen LogP) is 2.74. The largest absolute Gasteiger partial charge is 0.457 e. The van der Waals surface area contributed by atoms with Crippen LogP contribution in [-0.2, 0) is 54.0 Å². The molecular weight excluding hydrogens is 764 g/mol. The number of fused-ring (bicyclic) bond motifs is 5. The second-order valence-electron chi connectivity index (χ2n) is 15.0. The number of halogens is 1. The molecule has 1 aromatic rings. The highest BCUT2D eigenvalue weighted by molar-refractivity contribution is 6.34. The highest BCUT2D eigenvalue weighted by Gasteiger charge is 2.64. The van der Waals surface area contributed by atoms with Gasteiger partial charge < -0.3 is 53.8 Å². The van der Waals surface area contributed by atoms with Gasteiger partial charge in [0.05, 0.1) is 62.8 Å². The zero-order chi connectivity index (χ0) is 41.9. The maximum atomic E-state index is 14.1. The third-order valence-corrected chi connectivity index (χ3v) is 10.9. The third kappa shape index (κ3) is 12.4. The molecule has 1 aromatic carbocycles. The topological polar surface area (TPSA) is 196 Å². The molecule has 2 saturated heterocycles. The molecule has 3 heterocycles. The Morgan fingerprint density at radius 2 is 1.84 bits per heavy atom. The van der Waals surface area contributed by atoms with Gasteiger partial charge in [-0.05, 0) is 58.4 Å². The number of allylic oxidation sites excluding steroid dienone is 3. The normalized spacial score (nSPS) is 29.9. The van der Waals surface area contributed by atoms with Crippen LogP contribution in [0.2, 0.25) is 5.02 Å². The van der Waals surface area contributed by atoms with Crippen molar-refractivity contribution in [2.75, 3.05) is 72.2 Å². The number of anilines is 1. The molecule has 0 spiro atoms. The summed E-state index contributed by atoms with van der Waals surface area (Å²) < 4.78 is 40.3. The molecule has 8 atom stereocenters. The van der Waals surface area contributed by atoms with E-state index < -0.39 is 59.8 Å². The van der Waals surface area contributed by atoms with E-state index in [1.807, 2.05) is 39.0 Å². The number of esters is 1. The summed E-state index contributed by atoms with van der Waals surface area (Å²) in [6.07, 6.45) is 0.256. The molecule has 0 radical (unpaired) electrons. The molecular formula is C40H59ClN4O12. The van der Waals surface area contributed by atoms with Crippen LogP contribution in [0.4, 0.5) is 10.5 Å². The number of methoxy groups -OCH3 is 1. The second-order valence-corrected chi connectivity index (χ2v) is 15.3. The number of hydrogen-bond acceptors (Lipinski definition) is 13. The minimum absolute atomic E-state index is 0.0363. The highest BCUT2D eigenvalue weighted by atomic mass is 35.5. The molecule has 57 heavy (non-hydrogen) atoms. The molecule has 16 nitrogen and oxygen atoms in total. The number of carbonyl (C=O) groups excluding carboxylic acids is 4. The Balaban J connectivity index is 1.49. The molecule has 0 unspecified atom stereocenters. The second kappa shape index (κ2) is 20.9. The van der Waals surface area contributed by atoms with Crippen LogP contribution in [-0.4, -0.2) is 138 Å². The lowest BCUT2D eigenvalue weighted by Gasteiger charge is -2.42. The fourth-order valence-corrected chi connectivity index (χ4v) is 7.27. The van der Waals surface area contributed by atoms with E-state index >= 15 is 0 Å². The monoisotopic (exact) mass is 822 g/mol. The number of carbonyl (C=O) groups is 4. The van der Waals surface area contributed by atoms with Gasteiger partial charge in [-0.1, -0.05) is 48.4 Å². The summed E-state index contributed by atoms with van der Waals surface area (Å²) in [6, 6.07) is 3.81. The molecule has 4 N–H and O–H groups in total. The van der Waals surface area contributed by atoms with Gasteiger partial charge in [0.1, 0.15) is 23.9 Å². The Morgan fingerprint density at radius 1 is 1.14 bits per heavy atom. The molecule has 3 aliphatic heterocycles. The lowest BCUT2D eigenvalue weighted by atomic mass is 9.83. The molecule has 4 bridgehead atoms. The van der Waals surface area contributed by atoms with Crippen molar-refractivity contribution in [1.82, 2.24) is 16.0 Å². The molecule has 0 aromatic heterocycles. The summed E-state index contributed by atoms with van der Waals surface area (Å²) in [5.41, 5.74) is 0.189. The number of nitrogens with one attached hydrogen (secondary N) is 3. The molecule has 4 rings (SSSR count). The maximum Gasteiger partial charge on any atom is 0.409 e. The first-order valence-corrected chi connectivity index (χ1v) is 19.6. The van der Waals surface area contributed by atoms with Crippen molar-refractivity contribution in [1.29, 1.82) is 0 Å². The number of likely N-dealkylation sites (N-methyl/N-ethyl adjacent to an activating group) is 1. The van der Waals surface area contributed by atoms with Gasteiger partial charge in [0, 0.05) is 33.0 Å². The van der Waals surface area contributed by atoms with E-state index in [1.54, 1.807) is 40.1 Å². The minimum Gasteiger partial charge on any atom is -0.457 e. The summed E-state index contributed by atoms with van der Waals surface area (Å²) in [5, 5.41) is 20.1. The first kappa shape index (κ1) is 46.1. The lowest BCUT2D eigenvalue weighted by Crippen LogP contribution is -2.63. The van der Waals surface area contributed by atoms with Crippen molar-refractivity contribution in [3.8, 4) is 0 Å².